The zero-order valence-electron chi connectivity index (χ0n) is 28.7. The summed E-state index contributed by atoms with van der Waals surface area (Å²) in [4.78, 5) is 54.8. The lowest BCUT2D eigenvalue weighted by Gasteiger charge is -2.34. The first-order valence-corrected chi connectivity index (χ1v) is 17.0. The molecule has 2 aliphatic rings. The summed E-state index contributed by atoms with van der Waals surface area (Å²) in [5.74, 6) is 0.361. The first kappa shape index (κ1) is 34.6. The number of H-pyrrole nitrogens is 1. The molecule has 4 aromatic rings. The number of carbonyl (C=O) groups is 3. The highest BCUT2D eigenvalue weighted by molar-refractivity contribution is 6.04. The van der Waals surface area contributed by atoms with Gasteiger partial charge in [-0.1, -0.05) is 38.1 Å². The van der Waals surface area contributed by atoms with E-state index >= 15 is 4.39 Å². The number of halogens is 1. The fourth-order valence-electron chi connectivity index (χ4n) is 6.57. The van der Waals surface area contributed by atoms with Gasteiger partial charge < -0.3 is 35.5 Å². The number of carbonyl (C=O) groups excluding carboxylic acids is 3. The summed E-state index contributed by atoms with van der Waals surface area (Å²) in [6.45, 7) is 9.06. The second-order valence-electron chi connectivity index (χ2n) is 13.1. The van der Waals surface area contributed by atoms with Crippen molar-refractivity contribution < 1.29 is 23.5 Å². The van der Waals surface area contributed by atoms with Crippen molar-refractivity contribution in [2.75, 3.05) is 43.5 Å². The van der Waals surface area contributed by atoms with Crippen LogP contribution in [0.15, 0.2) is 67.0 Å². The molecule has 2 unspecified atom stereocenters. The van der Waals surface area contributed by atoms with Crippen molar-refractivity contribution in [3.8, 4) is 22.4 Å². The summed E-state index contributed by atoms with van der Waals surface area (Å²) < 4.78 is 20.1. The Balaban J connectivity index is 1.10. The molecule has 2 fully saturated rings. The van der Waals surface area contributed by atoms with Crippen LogP contribution >= 0.6 is 0 Å². The standard InChI is InChI=1S/C37H43FN8O4/c1-22(2)33(44-37(49)50-4)36(48)46-16-5-6-31(46)34-41-21-30(43-34)25-9-7-24(8-10-25)28-13-12-27(18-29(28)38)42-35(47)26-11-14-32(40-20-26)45-17-15-39-19-23(45)3/h7-14,18,20-23,31,33,39H,5-6,15-17,19H2,1-4H3,(H,41,43)(H,42,47)(H,44,49)/t23?,31?,33-/m0/s1. The van der Waals surface area contributed by atoms with Crippen LogP contribution in [-0.2, 0) is 9.53 Å². The molecule has 6 rings (SSSR count). The number of rotatable bonds is 9. The lowest BCUT2D eigenvalue weighted by atomic mass is 10.0. The highest BCUT2D eigenvalue weighted by Gasteiger charge is 2.37. The van der Waals surface area contributed by atoms with E-state index in [4.69, 9.17) is 9.72 Å². The zero-order valence-corrected chi connectivity index (χ0v) is 28.7. The molecular weight excluding hydrogens is 639 g/mol. The van der Waals surface area contributed by atoms with E-state index in [0.29, 0.717) is 46.5 Å². The van der Waals surface area contributed by atoms with Gasteiger partial charge in [0.15, 0.2) is 0 Å². The van der Waals surface area contributed by atoms with Gasteiger partial charge in [0.05, 0.1) is 24.4 Å². The number of anilines is 2. The van der Waals surface area contributed by atoms with E-state index in [-0.39, 0.29) is 23.8 Å². The molecule has 3 atom stereocenters. The highest BCUT2D eigenvalue weighted by Crippen LogP contribution is 2.33. The molecule has 2 aliphatic heterocycles. The van der Waals surface area contributed by atoms with E-state index in [2.05, 4.69) is 37.7 Å². The molecule has 262 valence electrons. The van der Waals surface area contributed by atoms with Gasteiger partial charge >= 0.3 is 6.09 Å². The van der Waals surface area contributed by atoms with Crippen molar-refractivity contribution in [2.45, 2.75) is 51.7 Å². The van der Waals surface area contributed by atoms with Gasteiger partial charge in [0, 0.05) is 61.4 Å². The average molecular weight is 683 g/mol. The highest BCUT2D eigenvalue weighted by atomic mass is 19.1. The molecule has 3 amide bonds. The van der Waals surface area contributed by atoms with E-state index in [1.807, 2.05) is 44.2 Å². The summed E-state index contributed by atoms with van der Waals surface area (Å²) in [6.07, 6.45) is 4.26. The van der Waals surface area contributed by atoms with Crippen LogP contribution in [0, 0.1) is 11.7 Å². The van der Waals surface area contributed by atoms with E-state index in [0.717, 1.165) is 43.9 Å². The third kappa shape index (κ3) is 7.47. The molecule has 50 heavy (non-hydrogen) atoms. The van der Waals surface area contributed by atoms with Crippen LogP contribution in [-0.4, -0.2) is 83.1 Å². The molecule has 12 nitrogen and oxygen atoms in total. The van der Waals surface area contributed by atoms with Crippen molar-refractivity contribution in [1.82, 2.24) is 30.5 Å². The largest absolute Gasteiger partial charge is 0.453 e. The molecule has 2 saturated heterocycles. The SMILES string of the molecule is COC(=O)N[C@H](C(=O)N1CCCC1c1nc(-c2ccc(-c3ccc(NC(=O)c4ccc(N5CCNCC5C)nc4)cc3F)cc2)c[nH]1)C(C)C. The summed E-state index contributed by atoms with van der Waals surface area (Å²) in [6, 6.07) is 14.9. The molecule has 0 spiro atoms. The first-order valence-electron chi connectivity index (χ1n) is 17.0. The minimum absolute atomic E-state index is 0.124. The number of pyridine rings is 1. The Kier molecular flexibility index (Phi) is 10.4. The maximum atomic E-state index is 15.3. The number of hydrogen-bond donors (Lipinski definition) is 4. The monoisotopic (exact) mass is 682 g/mol. The number of benzene rings is 2. The smallest absolute Gasteiger partial charge is 0.407 e. The topological polar surface area (TPSA) is 145 Å². The summed E-state index contributed by atoms with van der Waals surface area (Å²) in [7, 11) is 1.27. The molecule has 0 radical (unpaired) electrons. The number of likely N-dealkylation sites (tertiary alicyclic amines) is 1. The van der Waals surface area contributed by atoms with Crippen LogP contribution < -0.4 is 20.9 Å². The van der Waals surface area contributed by atoms with Crippen molar-refractivity contribution in [2.24, 2.45) is 5.92 Å². The molecular formula is C37H43FN8O4. The molecule has 13 heteroatoms. The number of imidazole rings is 1. The molecule has 0 aliphatic carbocycles. The molecule has 4 heterocycles. The van der Waals surface area contributed by atoms with E-state index in [1.54, 1.807) is 35.5 Å². The Morgan fingerprint density at radius 3 is 2.50 bits per heavy atom. The molecule has 2 aromatic carbocycles. The predicted octanol–water partition coefficient (Wildman–Crippen LogP) is 5.37. The minimum Gasteiger partial charge on any atom is -0.453 e. The Labute approximate surface area is 290 Å². The maximum absolute atomic E-state index is 15.3. The number of amides is 3. The number of aromatic nitrogens is 3. The van der Waals surface area contributed by atoms with Gasteiger partial charge in [-0.05, 0) is 61.6 Å². The normalized spacial score (nSPS) is 18.2. The van der Waals surface area contributed by atoms with Crippen LogP contribution in [0.3, 0.4) is 0 Å². The average Bonchev–Trinajstić information content (AvgIpc) is 3.81. The Morgan fingerprint density at radius 1 is 1.04 bits per heavy atom. The number of ether oxygens (including phenoxy) is 1. The summed E-state index contributed by atoms with van der Waals surface area (Å²) in [5.41, 5.74) is 3.33. The molecule has 2 aromatic heterocycles. The van der Waals surface area contributed by atoms with Gasteiger partial charge in [-0.15, -0.1) is 0 Å². The lowest BCUT2D eigenvalue weighted by Crippen LogP contribution is -2.51. The maximum Gasteiger partial charge on any atom is 0.407 e. The van der Waals surface area contributed by atoms with Gasteiger partial charge in [0.2, 0.25) is 5.91 Å². The predicted molar refractivity (Wildman–Crippen MR) is 189 cm³/mol. The van der Waals surface area contributed by atoms with E-state index in [1.165, 1.54) is 13.2 Å². The number of aromatic amines is 1. The number of piperazine rings is 1. The Bertz CT molecular complexity index is 1830. The van der Waals surface area contributed by atoms with Crippen LogP contribution in [0.25, 0.3) is 22.4 Å². The fourth-order valence-corrected chi connectivity index (χ4v) is 6.57. The second-order valence-corrected chi connectivity index (χ2v) is 13.1. The summed E-state index contributed by atoms with van der Waals surface area (Å²) in [5, 5.41) is 8.79. The summed E-state index contributed by atoms with van der Waals surface area (Å²) >= 11 is 0. The second kappa shape index (κ2) is 15.1. The van der Waals surface area contributed by atoms with Crippen molar-refractivity contribution in [1.29, 1.82) is 0 Å². The van der Waals surface area contributed by atoms with Crippen LogP contribution in [0.2, 0.25) is 0 Å². The first-order chi connectivity index (χ1) is 24.1. The fraction of sp³-hybridized carbons (Fsp3) is 0.378. The quantitative estimate of drug-likeness (QED) is 0.185. The number of hydrogen-bond acceptors (Lipinski definition) is 8. The number of nitrogens with zero attached hydrogens (tertiary/aromatic N) is 4. The van der Waals surface area contributed by atoms with Crippen LogP contribution in [0.1, 0.15) is 55.8 Å². The zero-order chi connectivity index (χ0) is 35.4. The Morgan fingerprint density at radius 2 is 1.82 bits per heavy atom. The molecule has 4 N–H and O–H groups in total. The van der Waals surface area contributed by atoms with Gasteiger partial charge in [-0.3, -0.25) is 9.59 Å². The van der Waals surface area contributed by atoms with Crippen molar-refractivity contribution in [3.05, 3.63) is 84.2 Å². The van der Waals surface area contributed by atoms with Crippen molar-refractivity contribution >= 4 is 29.4 Å². The molecule has 0 bridgehead atoms. The van der Waals surface area contributed by atoms with Crippen molar-refractivity contribution in [3.63, 3.8) is 0 Å². The van der Waals surface area contributed by atoms with Gasteiger partial charge in [0.1, 0.15) is 23.5 Å². The van der Waals surface area contributed by atoms with Crippen LogP contribution in [0.4, 0.5) is 20.7 Å². The molecule has 0 saturated carbocycles. The number of nitrogens with one attached hydrogen (secondary N) is 4. The Hall–Kier alpha value is -5.30. The lowest BCUT2D eigenvalue weighted by molar-refractivity contribution is -0.135. The third-order valence-corrected chi connectivity index (χ3v) is 9.36. The third-order valence-electron chi connectivity index (χ3n) is 9.36. The number of methoxy groups -OCH3 is 1. The van der Waals surface area contributed by atoms with Gasteiger partial charge in [0.25, 0.3) is 5.91 Å². The number of alkyl carbamates (subject to hydrolysis) is 1. The van der Waals surface area contributed by atoms with Crippen LogP contribution in [0.5, 0.6) is 0 Å². The minimum atomic E-state index is -0.711. The van der Waals surface area contributed by atoms with Gasteiger partial charge in [-0.2, -0.15) is 0 Å². The van der Waals surface area contributed by atoms with E-state index < -0.39 is 18.0 Å². The van der Waals surface area contributed by atoms with Gasteiger partial charge in [-0.25, -0.2) is 19.2 Å². The van der Waals surface area contributed by atoms with E-state index in [9.17, 15) is 14.4 Å².